The van der Waals surface area contributed by atoms with Gasteiger partial charge in [-0.15, -0.1) is 0 Å². The topological polar surface area (TPSA) is 119 Å². The smallest absolute Gasteiger partial charge is 0.350 e. The summed E-state index contributed by atoms with van der Waals surface area (Å²) >= 11 is 0. The van der Waals surface area contributed by atoms with E-state index < -0.39 is 5.69 Å². The van der Waals surface area contributed by atoms with Gasteiger partial charge in [-0.3, -0.25) is 4.57 Å². The summed E-state index contributed by atoms with van der Waals surface area (Å²) in [5, 5.41) is 19.8. The van der Waals surface area contributed by atoms with Crippen LogP contribution in [-0.2, 0) is 13.1 Å². The van der Waals surface area contributed by atoms with E-state index in [0.29, 0.717) is 34.8 Å². The summed E-state index contributed by atoms with van der Waals surface area (Å²) in [6.45, 7) is 0.566. The van der Waals surface area contributed by atoms with Gasteiger partial charge in [0.2, 0.25) is 0 Å². The molecule has 9 nitrogen and oxygen atoms in total. The van der Waals surface area contributed by atoms with Crippen molar-refractivity contribution in [3.63, 3.8) is 0 Å². The molecule has 0 amide bonds. The van der Waals surface area contributed by atoms with Crippen molar-refractivity contribution < 1.29 is 10.2 Å². The van der Waals surface area contributed by atoms with E-state index >= 15 is 0 Å². The van der Waals surface area contributed by atoms with Gasteiger partial charge in [-0.2, -0.15) is 4.98 Å². The number of rotatable bonds is 4. The second-order valence-electron chi connectivity index (χ2n) is 6.87. The minimum absolute atomic E-state index is 0.120. The first kappa shape index (κ1) is 17.8. The van der Waals surface area contributed by atoms with E-state index in [0.717, 1.165) is 5.56 Å². The number of phenolic OH excluding ortho intramolecular Hbond substituents is 2. The first-order valence-electron chi connectivity index (χ1n) is 9.21. The second-order valence-corrected chi connectivity index (χ2v) is 6.87. The van der Waals surface area contributed by atoms with Crippen LogP contribution in [0.25, 0.3) is 22.7 Å². The van der Waals surface area contributed by atoms with Crippen LogP contribution in [0.5, 0.6) is 11.5 Å². The standard InChI is InChI=1S/C21H16N6O3/c28-15-6-3-4-13(8-15)9-27-20-18(25-21(27)30)17-19(22-11-23-20)26(12-24-17)10-14-5-1-2-7-16(14)29/h1-8,11-12,28-29H,9-10H2. The van der Waals surface area contributed by atoms with Crippen LogP contribution in [0.1, 0.15) is 11.1 Å². The molecule has 148 valence electrons. The summed E-state index contributed by atoms with van der Waals surface area (Å²) in [6.07, 6.45) is 2.97. The lowest BCUT2D eigenvalue weighted by Crippen LogP contribution is -2.17. The van der Waals surface area contributed by atoms with Gasteiger partial charge in [-0.1, -0.05) is 30.3 Å². The Bertz CT molecular complexity index is 1410. The average Bonchev–Trinajstić information content (AvgIpc) is 3.19. The third kappa shape index (κ3) is 3.02. The molecule has 0 atom stereocenters. The molecule has 5 rings (SSSR count). The van der Waals surface area contributed by atoms with E-state index in [1.807, 2.05) is 18.2 Å². The van der Waals surface area contributed by atoms with Gasteiger partial charge >= 0.3 is 5.69 Å². The molecule has 1 aromatic heterocycles. The number of para-hydroxylation sites is 1. The minimum Gasteiger partial charge on any atom is -0.508 e. The van der Waals surface area contributed by atoms with E-state index in [9.17, 15) is 15.0 Å². The Morgan fingerprint density at radius 3 is 2.63 bits per heavy atom. The van der Waals surface area contributed by atoms with Crippen LogP contribution in [0, 0.1) is 0 Å². The number of hydrogen-bond donors (Lipinski definition) is 2. The summed E-state index contributed by atoms with van der Waals surface area (Å²) in [7, 11) is 0. The largest absolute Gasteiger partial charge is 0.508 e. The predicted molar refractivity (Wildman–Crippen MR) is 108 cm³/mol. The number of aromatic nitrogens is 6. The van der Waals surface area contributed by atoms with Crippen molar-refractivity contribution in [2.45, 2.75) is 13.1 Å². The van der Waals surface area contributed by atoms with E-state index in [4.69, 9.17) is 0 Å². The summed E-state index contributed by atoms with van der Waals surface area (Å²) in [6, 6.07) is 13.7. The fourth-order valence-corrected chi connectivity index (χ4v) is 3.45. The maximum Gasteiger partial charge on any atom is 0.350 e. The molecule has 30 heavy (non-hydrogen) atoms. The fourth-order valence-electron chi connectivity index (χ4n) is 3.45. The van der Waals surface area contributed by atoms with Crippen LogP contribution < -0.4 is 5.69 Å². The zero-order chi connectivity index (χ0) is 20.7. The Kier molecular flexibility index (Phi) is 4.13. The molecule has 0 fully saturated rings. The summed E-state index contributed by atoms with van der Waals surface area (Å²) in [5.74, 6) is 0.661. The van der Waals surface area contributed by atoms with Gasteiger partial charge in [0.25, 0.3) is 0 Å². The van der Waals surface area contributed by atoms with Gasteiger partial charge in [0.15, 0.2) is 11.5 Å². The molecule has 3 heterocycles. The average molecular weight is 400 g/mol. The molecule has 9 heteroatoms. The van der Waals surface area contributed by atoms with Crippen molar-refractivity contribution in [2.24, 2.45) is 0 Å². The molecule has 0 aliphatic carbocycles. The Morgan fingerprint density at radius 2 is 1.80 bits per heavy atom. The molecule has 0 radical (unpaired) electrons. The van der Waals surface area contributed by atoms with Gasteiger partial charge < -0.3 is 14.8 Å². The maximum absolute atomic E-state index is 12.6. The van der Waals surface area contributed by atoms with Crippen molar-refractivity contribution in [1.29, 1.82) is 0 Å². The minimum atomic E-state index is -0.455. The number of imidazole rings is 2. The van der Waals surface area contributed by atoms with E-state index in [-0.39, 0.29) is 18.0 Å². The number of fused-ring (bicyclic) bond motifs is 3. The molecule has 0 saturated carbocycles. The van der Waals surface area contributed by atoms with Crippen molar-refractivity contribution in [1.82, 2.24) is 29.1 Å². The van der Waals surface area contributed by atoms with Crippen LogP contribution in [0.4, 0.5) is 0 Å². The number of phenols is 2. The number of benzene rings is 2. The monoisotopic (exact) mass is 400 g/mol. The van der Waals surface area contributed by atoms with Gasteiger partial charge in [-0.25, -0.2) is 19.7 Å². The van der Waals surface area contributed by atoms with E-state index in [1.54, 1.807) is 41.2 Å². The molecule has 0 bridgehead atoms. The molecule has 2 N–H and O–H groups in total. The molecule has 3 aromatic rings. The lowest BCUT2D eigenvalue weighted by Gasteiger charge is -2.05. The highest BCUT2D eigenvalue weighted by atomic mass is 16.3. The zero-order valence-corrected chi connectivity index (χ0v) is 15.7. The summed E-state index contributed by atoms with van der Waals surface area (Å²) in [5.41, 5.74) is 2.31. The number of nitrogens with zero attached hydrogens (tertiary/aromatic N) is 6. The third-order valence-electron chi connectivity index (χ3n) is 4.88. The molecular formula is C21H16N6O3. The Balaban J connectivity index is 1.59. The molecule has 2 aromatic carbocycles. The van der Waals surface area contributed by atoms with Crippen LogP contribution in [-0.4, -0.2) is 39.3 Å². The number of hydrogen-bond acceptors (Lipinski definition) is 7. The quantitative estimate of drug-likeness (QED) is 0.473. The highest BCUT2D eigenvalue weighted by Gasteiger charge is 2.21. The van der Waals surface area contributed by atoms with E-state index in [1.165, 1.54) is 10.9 Å². The lowest BCUT2D eigenvalue weighted by molar-refractivity contribution is 0.466. The Labute approximate surface area is 169 Å². The van der Waals surface area contributed by atoms with Crippen molar-refractivity contribution >= 4 is 11.2 Å². The second kappa shape index (κ2) is 6.96. The van der Waals surface area contributed by atoms with Gasteiger partial charge in [-0.05, 0) is 23.8 Å². The van der Waals surface area contributed by atoms with Crippen molar-refractivity contribution in [3.8, 4) is 23.0 Å². The molecule has 0 saturated heterocycles. The van der Waals surface area contributed by atoms with Crippen molar-refractivity contribution in [3.05, 3.63) is 82.8 Å². The molecule has 2 aliphatic heterocycles. The summed E-state index contributed by atoms with van der Waals surface area (Å²) in [4.78, 5) is 29.9. The van der Waals surface area contributed by atoms with Crippen LogP contribution in [0.15, 0.2) is 66.0 Å². The van der Waals surface area contributed by atoms with E-state index in [2.05, 4.69) is 19.9 Å². The highest BCUT2D eigenvalue weighted by Crippen LogP contribution is 2.25. The molecule has 0 unspecified atom stereocenters. The van der Waals surface area contributed by atoms with Gasteiger partial charge in [0, 0.05) is 5.56 Å². The molecule has 2 aliphatic rings. The first-order chi connectivity index (χ1) is 14.6. The van der Waals surface area contributed by atoms with Gasteiger partial charge in [0.05, 0.1) is 19.4 Å². The van der Waals surface area contributed by atoms with Crippen molar-refractivity contribution in [2.75, 3.05) is 0 Å². The lowest BCUT2D eigenvalue weighted by atomic mass is 10.2. The SMILES string of the molecule is O=c1nc2c3ncn(Cc4ccccc4O)c3ncnc-2n1Cc1cccc(O)c1. The van der Waals surface area contributed by atoms with Crippen LogP contribution in [0.3, 0.4) is 0 Å². The molecular weight excluding hydrogens is 384 g/mol. The summed E-state index contributed by atoms with van der Waals surface area (Å²) < 4.78 is 3.19. The normalized spacial score (nSPS) is 11.3. The third-order valence-corrected chi connectivity index (χ3v) is 4.88. The maximum atomic E-state index is 12.6. The Morgan fingerprint density at radius 1 is 0.933 bits per heavy atom. The predicted octanol–water partition coefficient (Wildman–Crippen LogP) is 2.00. The molecule has 0 spiro atoms. The first-order valence-corrected chi connectivity index (χ1v) is 9.21. The highest BCUT2D eigenvalue weighted by molar-refractivity contribution is 5.85. The number of aromatic hydroxyl groups is 2. The van der Waals surface area contributed by atoms with Gasteiger partial charge in [0.1, 0.15) is 29.0 Å². The fraction of sp³-hybridized carbons (Fsp3) is 0.0952. The Hall–Kier alpha value is -4.27. The van der Waals surface area contributed by atoms with Crippen LogP contribution >= 0.6 is 0 Å². The van der Waals surface area contributed by atoms with Crippen LogP contribution in [0.2, 0.25) is 0 Å². The zero-order valence-electron chi connectivity index (χ0n) is 15.7.